The summed E-state index contributed by atoms with van der Waals surface area (Å²) >= 11 is 0. The predicted molar refractivity (Wildman–Crippen MR) is 402 cm³/mol. The first-order valence-corrected chi connectivity index (χ1v) is 38.0. The molecule has 5 heterocycles. The lowest BCUT2D eigenvalue weighted by Gasteiger charge is -2.37. The standard InChI is InChI=1S/C76H92FN13O20S/c1-8-25-78-73(101)82-47-14-11-16-49(35-47)111(104,105)87-48-15-10-13-44(34-48)55(38-62(92)93)85-75(103)81-46-20-18-45(19-21-46)80-74(102)79-26-29-107-31-33-108-32-30-106-28-24-61(91)83-57(39-63(94)95)70(98)89-27-12-17-59(89)68(96)86-66(42(3)4)71(99)110-76(9-2)53-36-60-67-51(40-90(60)69(97)52(53)41-109-72(76)100)65-58(88(6)7)23-22-50-43(5)54(77)37-56(84-67)64(50)65/h10-11,13-16,18-21,34-37,42,55,57-59,66,87H,8-9,12,17,22-33,38-41H2,1-7H3,(H,83,91)(H,86,96)(H,92,93)(H,94,95)(H2,78,82,101)(H2,79,80,102)(H2,81,85,103). The zero-order chi connectivity index (χ0) is 80.0. The highest BCUT2D eigenvalue weighted by atomic mass is 32.2. The fourth-order valence-electron chi connectivity index (χ4n) is 14.0. The van der Waals surface area contributed by atoms with Crippen LogP contribution < -0.4 is 52.8 Å². The van der Waals surface area contributed by atoms with E-state index in [0.29, 0.717) is 60.4 Å². The van der Waals surface area contributed by atoms with Gasteiger partial charge in [-0.2, -0.15) is 0 Å². The number of likely N-dealkylation sites (tertiary alicyclic amines) is 1. The fourth-order valence-corrected chi connectivity index (χ4v) is 15.1. The van der Waals surface area contributed by atoms with Gasteiger partial charge in [0.25, 0.3) is 15.6 Å². The van der Waals surface area contributed by atoms with E-state index >= 15 is 4.39 Å². The number of esters is 2. The van der Waals surface area contributed by atoms with Crippen LogP contribution in [0.4, 0.5) is 41.5 Å². The molecule has 1 aliphatic carbocycles. The van der Waals surface area contributed by atoms with Crippen LogP contribution in [0.25, 0.3) is 22.3 Å². The summed E-state index contributed by atoms with van der Waals surface area (Å²) in [5, 5.41) is 41.3. The van der Waals surface area contributed by atoms with Gasteiger partial charge in [-0.25, -0.2) is 41.8 Å². The number of benzene rings is 4. The number of carboxylic acids is 2. The lowest BCUT2D eigenvalue weighted by Crippen LogP contribution is -2.57. The number of carboxylic acid groups (broad SMARTS) is 2. The second-order valence-electron chi connectivity index (χ2n) is 27.8. The van der Waals surface area contributed by atoms with Gasteiger partial charge in [0.1, 0.15) is 30.5 Å². The number of carbonyl (C=O) groups excluding carboxylic acids is 8. The number of hydrogen-bond donors (Lipinski definition) is 11. The van der Waals surface area contributed by atoms with Crippen LogP contribution in [-0.4, -0.2) is 189 Å². The zero-order valence-corrected chi connectivity index (χ0v) is 63.3. The van der Waals surface area contributed by atoms with Gasteiger partial charge in [-0.1, -0.05) is 45.9 Å². The highest BCUT2D eigenvalue weighted by Gasteiger charge is 2.52. The monoisotopic (exact) mass is 1560 g/mol. The molecule has 10 rings (SSSR count). The van der Waals surface area contributed by atoms with Crippen molar-refractivity contribution in [3.05, 3.63) is 140 Å². The van der Waals surface area contributed by atoms with Crippen LogP contribution in [0.2, 0.25) is 0 Å². The summed E-state index contributed by atoms with van der Waals surface area (Å²) < 4.78 is 74.7. The molecule has 11 N–H and O–H groups in total. The number of pyridine rings is 2. The molecule has 2 aromatic heterocycles. The molecule has 1 saturated heterocycles. The van der Waals surface area contributed by atoms with Crippen molar-refractivity contribution < 1.29 is 94.7 Å². The third kappa shape index (κ3) is 19.7. The molecule has 594 valence electrons. The molecule has 0 saturated carbocycles. The molecule has 6 aromatic rings. The number of urea groups is 3. The van der Waals surface area contributed by atoms with Crippen molar-refractivity contribution in [2.24, 2.45) is 5.92 Å². The molecule has 1 fully saturated rings. The third-order valence-electron chi connectivity index (χ3n) is 19.6. The van der Waals surface area contributed by atoms with Crippen LogP contribution in [0.3, 0.4) is 0 Å². The number of halogens is 1. The lowest BCUT2D eigenvalue weighted by atomic mass is 9.81. The van der Waals surface area contributed by atoms with Gasteiger partial charge in [-0.05, 0) is 148 Å². The minimum absolute atomic E-state index is 0.0142. The summed E-state index contributed by atoms with van der Waals surface area (Å²) in [5.74, 6) is -8.06. The van der Waals surface area contributed by atoms with E-state index in [4.69, 9.17) is 28.7 Å². The number of aliphatic carboxylic acids is 2. The number of ether oxygens (including phenoxy) is 5. The van der Waals surface area contributed by atoms with Crippen LogP contribution in [0.5, 0.6) is 0 Å². The van der Waals surface area contributed by atoms with Gasteiger partial charge in [0, 0.05) is 77.4 Å². The van der Waals surface area contributed by atoms with Gasteiger partial charge in [-0.3, -0.25) is 33.5 Å². The number of carbonyl (C=O) groups is 10. The minimum Gasteiger partial charge on any atom is -0.481 e. The lowest BCUT2D eigenvalue weighted by molar-refractivity contribution is -0.191. The summed E-state index contributed by atoms with van der Waals surface area (Å²) in [7, 11) is -0.268. The molecule has 35 heteroatoms. The molecule has 111 heavy (non-hydrogen) atoms. The Balaban J connectivity index is 0.626. The average Bonchev–Trinajstić information content (AvgIpc) is 1.60. The molecule has 0 radical (unpaired) electrons. The topological polar surface area (TPSA) is 441 Å². The Morgan fingerprint density at radius 1 is 0.739 bits per heavy atom. The smallest absolute Gasteiger partial charge is 0.355 e. The first kappa shape index (κ1) is 82.4. The molecular formula is C76H92FN13O20S. The second kappa shape index (κ2) is 36.6. The van der Waals surface area contributed by atoms with E-state index in [-0.39, 0.29) is 123 Å². The summed E-state index contributed by atoms with van der Waals surface area (Å²) in [6.45, 7) is 9.20. The number of fused-ring (bicyclic) bond motifs is 5. The van der Waals surface area contributed by atoms with Gasteiger partial charge < -0.3 is 90.8 Å². The van der Waals surface area contributed by atoms with E-state index in [1.54, 1.807) is 38.3 Å². The molecule has 6 atom stereocenters. The number of cyclic esters (lactones) is 1. The van der Waals surface area contributed by atoms with Crippen molar-refractivity contribution in [1.82, 2.24) is 45.9 Å². The number of aryl methyl sites for hydroxylation is 1. The molecular weight excluding hydrogens is 1470 g/mol. The normalized spacial score (nSPS) is 16.9. The van der Waals surface area contributed by atoms with Crippen LogP contribution in [0.1, 0.15) is 130 Å². The summed E-state index contributed by atoms with van der Waals surface area (Å²) in [6, 6.07) is 13.2. The number of aromatic nitrogens is 2. The van der Waals surface area contributed by atoms with Crippen molar-refractivity contribution in [3.63, 3.8) is 0 Å². The second-order valence-corrected chi connectivity index (χ2v) is 29.5. The Kier molecular flexibility index (Phi) is 27.1. The molecule has 9 amide bonds. The Labute approximate surface area is 638 Å². The van der Waals surface area contributed by atoms with Crippen LogP contribution in [0.15, 0.2) is 94.6 Å². The largest absolute Gasteiger partial charge is 0.481 e. The Morgan fingerprint density at radius 2 is 1.39 bits per heavy atom. The third-order valence-corrected chi connectivity index (χ3v) is 21.0. The summed E-state index contributed by atoms with van der Waals surface area (Å²) in [5.41, 5.74) is 3.10. The number of nitrogens with one attached hydrogen (secondary N) is 9. The maximum Gasteiger partial charge on any atom is 0.355 e. The van der Waals surface area contributed by atoms with Crippen LogP contribution in [0, 0.1) is 18.7 Å². The zero-order valence-electron chi connectivity index (χ0n) is 62.5. The fraction of sp³-hybridized carbons (Fsp3) is 0.447. The molecule has 33 nitrogen and oxygen atoms in total. The van der Waals surface area contributed by atoms with Crippen molar-refractivity contribution >= 4 is 103 Å². The van der Waals surface area contributed by atoms with Gasteiger partial charge >= 0.3 is 42.0 Å². The quantitative estimate of drug-likeness (QED) is 0.0146. The molecule has 4 aromatic carbocycles. The number of hydrogen-bond acceptors (Lipinski definition) is 20. The number of amides is 9. The van der Waals surface area contributed by atoms with Gasteiger partial charge in [-0.15, -0.1) is 0 Å². The number of sulfonamides is 1. The van der Waals surface area contributed by atoms with Crippen LogP contribution >= 0.6 is 0 Å². The van der Waals surface area contributed by atoms with Crippen molar-refractivity contribution in [3.8, 4) is 11.4 Å². The number of nitrogens with zero attached hydrogens (tertiary/aromatic N) is 4. The molecule has 3 aliphatic heterocycles. The number of rotatable bonds is 35. The SMILES string of the molecule is CCCNC(=O)Nc1cccc(S(=O)(=O)Nc2cccc(C(CC(=O)O)NC(=O)Nc3ccc(NC(=O)NCCOCCOCCOCCC(=O)NC(CC(=O)O)C(=O)N4CCCC4C(=O)NC(C(=O)OC4(CC)C(=O)OCc5c4cc4n(c5=O)Cc5c-4nc4cc(F)c(C)c6c4c5C(N(C)C)CC6)C(C)C)cc3)c2)c1. The molecule has 0 spiro atoms. The Hall–Kier alpha value is -11.1. The average molecular weight is 1560 g/mol. The maximum absolute atomic E-state index is 15.5. The van der Waals surface area contributed by atoms with E-state index < -0.39 is 136 Å². The maximum atomic E-state index is 15.5. The van der Waals surface area contributed by atoms with Gasteiger partial charge in [0.2, 0.25) is 23.3 Å². The number of anilines is 4. The van der Waals surface area contributed by atoms with E-state index in [2.05, 4.69) is 52.2 Å². The van der Waals surface area contributed by atoms with Crippen LogP contribution in [-0.2, 0) is 92.4 Å². The van der Waals surface area contributed by atoms with Crippen molar-refractivity contribution in [1.29, 1.82) is 0 Å². The molecule has 4 aliphatic rings. The highest BCUT2D eigenvalue weighted by molar-refractivity contribution is 7.92. The summed E-state index contributed by atoms with van der Waals surface area (Å²) in [6.07, 6.45) is 0.625. The predicted octanol–water partition coefficient (Wildman–Crippen LogP) is 6.65. The molecule has 0 bridgehead atoms. The van der Waals surface area contributed by atoms with E-state index in [0.717, 1.165) is 27.0 Å². The highest BCUT2D eigenvalue weighted by Crippen LogP contribution is 2.48. The van der Waals surface area contributed by atoms with Gasteiger partial charge in [0.15, 0.2) is 0 Å². The van der Waals surface area contributed by atoms with E-state index in [1.807, 2.05) is 21.0 Å². The van der Waals surface area contributed by atoms with E-state index in [1.165, 1.54) is 78.9 Å². The minimum atomic E-state index is -4.19. The Morgan fingerprint density at radius 3 is 2.05 bits per heavy atom. The van der Waals surface area contributed by atoms with Crippen molar-refractivity contribution in [2.75, 3.05) is 94.0 Å². The van der Waals surface area contributed by atoms with Gasteiger partial charge in [0.05, 0.1) is 92.4 Å². The Bertz CT molecular complexity index is 4730. The first-order chi connectivity index (χ1) is 53.0. The summed E-state index contributed by atoms with van der Waals surface area (Å²) in [4.78, 5) is 155. The van der Waals surface area contributed by atoms with E-state index in [9.17, 15) is 71.4 Å². The first-order valence-electron chi connectivity index (χ1n) is 36.6. The molecule has 6 unspecified atom stereocenters. The van der Waals surface area contributed by atoms with Crippen molar-refractivity contribution in [2.45, 2.75) is 146 Å².